The number of aliphatic hydroxyl groups is 3. The van der Waals surface area contributed by atoms with Gasteiger partial charge in [0, 0.05) is 29.8 Å². The Bertz CT molecular complexity index is 712. The van der Waals surface area contributed by atoms with E-state index in [9.17, 15) is 19.9 Å². The van der Waals surface area contributed by atoms with Gasteiger partial charge in [-0.3, -0.25) is 0 Å². The normalized spacial score (nSPS) is 27.0. The first kappa shape index (κ1) is 21.2. The van der Waals surface area contributed by atoms with Crippen molar-refractivity contribution in [2.45, 2.75) is 56.3 Å². The summed E-state index contributed by atoms with van der Waals surface area (Å²) in [5, 5.41) is 33.3. The zero-order valence-corrected chi connectivity index (χ0v) is 17.7. The summed E-state index contributed by atoms with van der Waals surface area (Å²) in [6, 6.07) is 1.31. The van der Waals surface area contributed by atoms with Crippen molar-refractivity contribution in [1.29, 1.82) is 0 Å². The number of anilines is 1. The molecule has 0 amide bonds. The predicted octanol–water partition coefficient (Wildman–Crippen LogP) is 0.871. The van der Waals surface area contributed by atoms with Crippen LogP contribution in [-0.2, 0) is 11.2 Å². The zero-order valence-electron chi connectivity index (χ0n) is 15.9. The fourth-order valence-corrected chi connectivity index (χ4v) is 3.99. The van der Waals surface area contributed by atoms with Crippen LogP contribution in [0.15, 0.2) is 11.1 Å². The van der Waals surface area contributed by atoms with E-state index in [4.69, 9.17) is 0 Å². The van der Waals surface area contributed by atoms with Crippen LogP contribution in [0.4, 0.5) is 5.82 Å². The van der Waals surface area contributed by atoms with Crippen molar-refractivity contribution in [3.63, 3.8) is 0 Å². The average molecular weight is 397 g/mol. The number of hydrogen-bond acceptors (Lipinski definition) is 6. The Kier molecular flexibility index (Phi) is 6.77. The number of aryl methyl sites for hydroxylation is 1. The molecule has 2 rings (SSSR count). The van der Waals surface area contributed by atoms with Crippen LogP contribution in [0.2, 0.25) is 19.6 Å². The van der Waals surface area contributed by atoms with Crippen molar-refractivity contribution in [1.82, 2.24) is 4.98 Å². The fraction of sp³-hybridized carbons (Fsp3) is 0.611. The molecule has 1 aliphatic rings. The van der Waals surface area contributed by atoms with E-state index in [1.54, 1.807) is 12.3 Å². The second kappa shape index (κ2) is 8.29. The maximum atomic E-state index is 11.9. The summed E-state index contributed by atoms with van der Waals surface area (Å²) < 4.78 is 11.9. The highest BCUT2D eigenvalue weighted by atomic mass is 32.2. The molecule has 3 unspecified atom stereocenters. The van der Waals surface area contributed by atoms with Gasteiger partial charge in [-0.1, -0.05) is 25.6 Å². The SMILES string of the molecule is Cc1cc([S+](C)[O-])nc(NC2CC(CO)[C@@H](O)[C@H]2O)c1C#C[Si](C)(C)C. The molecule has 0 saturated heterocycles. The van der Waals surface area contributed by atoms with Crippen molar-refractivity contribution < 1.29 is 19.9 Å². The molecule has 144 valence electrons. The lowest BCUT2D eigenvalue weighted by molar-refractivity contribution is 0.00445. The second-order valence-electron chi connectivity index (χ2n) is 7.87. The molecule has 5 atom stereocenters. The molecule has 1 aromatic rings. The number of nitrogens with zero attached hydrogens (tertiary/aromatic N) is 1. The first-order valence-electron chi connectivity index (χ1n) is 8.65. The number of nitrogens with one attached hydrogen (secondary N) is 1. The van der Waals surface area contributed by atoms with E-state index in [2.05, 4.69) is 41.4 Å². The minimum Gasteiger partial charge on any atom is -0.610 e. The topological polar surface area (TPSA) is 109 Å². The first-order chi connectivity index (χ1) is 12.0. The number of rotatable bonds is 4. The molecule has 26 heavy (non-hydrogen) atoms. The highest BCUT2D eigenvalue weighted by Gasteiger charge is 2.41. The molecule has 8 heteroatoms. The number of pyridine rings is 1. The Morgan fingerprint density at radius 1 is 1.35 bits per heavy atom. The van der Waals surface area contributed by atoms with Gasteiger partial charge in [0.1, 0.15) is 26.3 Å². The standard InChI is InChI=1S/C18H28N2O4SSi/c1-11-8-15(25(2)24)20-18(13(11)6-7-26(3,4)5)19-14-9-12(10-21)16(22)17(14)23/h8,12,14,16-17,21-23H,9-10H2,1-5H3,(H,19,20)/t12?,14?,16-,17+,25?/m1/s1. The summed E-state index contributed by atoms with van der Waals surface area (Å²) in [4.78, 5) is 4.45. The molecule has 0 bridgehead atoms. The third-order valence-corrected chi connectivity index (χ3v) is 6.08. The van der Waals surface area contributed by atoms with Crippen molar-refractivity contribution in [3.8, 4) is 11.5 Å². The van der Waals surface area contributed by atoms with Gasteiger partial charge in [-0.25, -0.2) is 0 Å². The Morgan fingerprint density at radius 3 is 2.50 bits per heavy atom. The molecule has 0 radical (unpaired) electrons. The monoisotopic (exact) mass is 396 g/mol. The van der Waals surface area contributed by atoms with Crippen molar-refractivity contribution >= 4 is 25.1 Å². The molecule has 0 aromatic carbocycles. The van der Waals surface area contributed by atoms with Crippen LogP contribution < -0.4 is 5.32 Å². The van der Waals surface area contributed by atoms with Gasteiger partial charge in [0.25, 0.3) is 0 Å². The lowest BCUT2D eigenvalue weighted by Crippen LogP contribution is -2.36. The van der Waals surface area contributed by atoms with E-state index in [-0.39, 0.29) is 12.5 Å². The third kappa shape index (κ3) is 5.00. The van der Waals surface area contributed by atoms with Gasteiger partial charge in [-0.2, -0.15) is 4.98 Å². The lowest BCUT2D eigenvalue weighted by atomic mass is 10.1. The minimum absolute atomic E-state index is 0.190. The number of aliphatic hydroxyl groups excluding tert-OH is 3. The van der Waals surface area contributed by atoms with E-state index in [1.807, 2.05) is 6.92 Å². The van der Waals surface area contributed by atoms with E-state index >= 15 is 0 Å². The maximum Gasteiger partial charge on any atom is 0.246 e. The highest BCUT2D eigenvalue weighted by Crippen LogP contribution is 2.30. The Hall–Kier alpha value is -1.08. The van der Waals surface area contributed by atoms with E-state index in [0.29, 0.717) is 17.3 Å². The van der Waals surface area contributed by atoms with Gasteiger partial charge in [0.15, 0.2) is 0 Å². The Morgan fingerprint density at radius 2 is 2.00 bits per heavy atom. The Balaban J connectivity index is 2.42. The fourth-order valence-electron chi connectivity index (χ4n) is 2.93. The van der Waals surface area contributed by atoms with Crippen molar-refractivity contribution in [3.05, 3.63) is 17.2 Å². The Labute approximate surface area is 159 Å². The molecule has 1 aromatic heterocycles. The summed E-state index contributed by atoms with van der Waals surface area (Å²) in [5.74, 6) is 3.29. The minimum atomic E-state index is -1.61. The van der Waals surface area contributed by atoms with Gasteiger partial charge in [0.2, 0.25) is 5.03 Å². The summed E-state index contributed by atoms with van der Waals surface area (Å²) in [6.07, 6.45) is -0.0177. The summed E-state index contributed by atoms with van der Waals surface area (Å²) in [5.41, 5.74) is 4.90. The maximum absolute atomic E-state index is 11.9. The molecule has 1 fully saturated rings. The number of aromatic nitrogens is 1. The lowest BCUT2D eigenvalue weighted by Gasteiger charge is -2.20. The molecular formula is C18H28N2O4SSi. The predicted molar refractivity (Wildman–Crippen MR) is 106 cm³/mol. The summed E-state index contributed by atoms with van der Waals surface area (Å²) in [7, 11) is -1.61. The van der Waals surface area contributed by atoms with Gasteiger partial charge < -0.3 is 25.2 Å². The first-order valence-corrected chi connectivity index (χ1v) is 13.7. The summed E-state index contributed by atoms with van der Waals surface area (Å²) >= 11 is -1.25. The van der Waals surface area contributed by atoms with Gasteiger partial charge >= 0.3 is 0 Å². The van der Waals surface area contributed by atoms with Crippen LogP contribution in [0, 0.1) is 24.3 Å². The number of hydrogen-bond donors (Lipinski definition) is 4. The van der Waals surface area contributed by atoms with Crippen LogP contribution in [0.3, 0.4) is 0 Å². The largest absolute Gasteiger partial charge is 0.610 e. The molecule has 4 N–H and O–H groups in total. The van der Waals surface area contributed by atoms with E-state index < -0.39 is 37.5 Å². The molecule has 6 nitrogen and oxygen atoms in total. The van der Waals surface area contributed by atoms with Crippen LogP contribution in [0.1, 0.15) is 17.5 Å². The molecule has 1 heterocycles. The van der Waals surface area contributed by atoms with Gasteiger partial charge in [0.05, 0.1) is 17.7 Å². The van der Waals surface area contributed by atoms with Crippen molar-refractivity contribution in [2.24, 2.45) is 5.92 Å². The van der Waals surface area contributed by atoms with Gasteiger partial charge in [-0.15, -0.1) is 5.54 Å². The molecule has 0 aliphatic heterocycles. The molecule has 1 aliphatic carbocycles. The van der Waals surface area contributed by atoms with Crippen LogP contribution in [0.5, 0.6) is 0 Å². The van der Waals surface area contributed by atoms with Crippen molar-refractivity contribution in [2.75, 3.05) is 18.2 Å². The quantitative estimate of drug-likeness (QED) is 0.342. The van der Waals surface area contributed by atoms with E-state index in [0.717, 1.165) is 11.1 Å². The summed E-state index contributed by atoms with van der Waals surface area (Å²) in [6.45, 7) is 8.15. The van der Waals surface area contributed by atoms with Crippen LogP contribution in [-0.4, -0.2) is 64.0 Å². The highest BCUT2D eigenvalue weighted by molar-refractivity contribution is 7.90. The third-order valence-electron chi connectivity index (χ3n) is 4.41. The van der Waals surface area contributed by atoms with E-state index in [1.165, 1.54) is 0 Å². The smallest absolute Gasteiger partial charge is 0.246 e. The molecule has 1 saturated carbocycles. The average Bonchev–Trinajstić information content (AvgIpc) is 2.80. The van der Waals surface area contributed by atoms with Crippen LogP contribution >= 0.6 is 0 Å². The van der Waals surface area contributed by atoms with Gasteiger partial charge in [-0.05, 0) is 18.9 Å². The zero-order chi connectivity index (χ0) is 19.6. The van der Waals surface area contributed by atoms with Crippen LogP contribution in [0.25, 0.3) is 0 Å². The molecular weight excluding hydrogens is 368 g/mol. The second-order valence-corrected chi connectivity index (χ2v) is 13.9. The molecule has 0 spiro atoms.